The Bertz CT molecular complexity index is 325. The van der Waals surface area contributed by atoms with Gasteiger partial charge in [0.15, 0.2) is 0 Å². The smallest absolute Gasteiger partial charge is 0.249 e. The zero-order valence-electron chi connectivity index (χ0n) is 11.9. The number of nitrogens with one attached hydrogen (secondary N) is 1. The van der Waals surface area contributed by atoms with Gasteiger partial charge in [-0.15, -0.1) is 0 Å². The molecule has 102 valence electrons. The first kappa shape index (κ1) is 13.6. The molecule has 1 N–H and O–H groups in total. The molecule has 2 heterocycles. The van der Waals surface area contributed by atoms with Crippen LogP contribution in [-0.4, -0.2) is 35.5 Å². The van der Waals surface area contributed by atoms with Crippen molar-refractivity contribution in [3.8, 4) is 0 Å². The van der Waals surface area contributed by atoms with Crippen molar-refractivity contribution in [2.24, 2.45) is 0 Å². The Morgan fingerprint density at radius 3 is 2.39 bits per heavy atom. The second kappa shape index (κ2) is 5.87. The van der Waals surface area contributed by atoms with E-state index in [1.54, 1.807) is 0 Å². The molecule has 3 heteroatoms. The van der Waals surface area contributed by atoms with E-state index in [9.17, 15) is 4.79 Å². The summed E-state index contributed by atoms with van der Waals surface area (Å²) in [7, 11) is 0. The van der Waals surface area contributed by atoms with Crippen LogP contribution in [0.4, 0.5) is 0 Å². The van der Waals surface area contributed by atoms with Gasteiger partial charge in [-0.1, -0.05) is 13.0 Å². The van der Waals surface area contributed by atoms with Gasteiger partial charge in [0.2, 0.25) is 5.91 Å². The van der Waals surface area contributed by atoms with Crippen LogP contribution in [0.15, 0.2) is 11.6 Å². The molecule has 18 heavy (non-hydrogen) atoms. The van der Waals surface area contributed by atoms with E-state index in [0.717, 1.165) is 31.4 Å². The highest BCUT2D eigenvalue weighted by atomic mass is 16.2. The lowest BCUT2D eigenvalue weighted by molar-refractivity contribution is -0.129. The molecule has 0 aromatic carbocycles. The Labute approximate surface area is 111 Å². The molecule has 1 amide bonds. The van der Waals surface area contributed by atoms with Crippen molar-refractivity contribution in [2.75, 3.05) is 6.54 Å². The van der Waals surface area contributed by atoms with Gasteiger partial charge < -0.3 is 10.2 Å². The van der Waals surface area contributed by atoms with Gasteiger partial charge >= 0.3 is 0 Å². The molecule has 2 atom stereocenters. The first-order chi connectivity index (χ1) is 8.65. The fraction of sp³-hybridized carbons (Fsp3) is 0.800. The molecule has 0 radical (unpaired) electrons. The third kappa shape index (κ3) is 2.77. The number of allylic oxidation sites excluding steroid dienone is 1. The summed E-state index contributed by atoms with van der Waals surface area (Å²) >= 11 is 0. The van der Waals surface area contributed by atoms with Gasteiger partial charge in [-0.3, -0.25) is 4.79 Å². The molecule has 2 aliphatic rings. The van der Waals surface area contributed by atoms with Gasteiger partial charge in [0.1, 0.15) is 0 Å². The average molecular weight is 250 g/mol. The third-order valence-electron chi connectivity index (χ3n) is 4.34. The SMILES string of the molecule is CC/C=C(/C)C(=O)N(CC)C1CC2CCC(C1)N2. The lowest BCUT2D eigenvalue weighted by Gasteiger charge is -2.37. The number of carbonyl (C=O) groups is 1. The normalized spacial score (nSPS) is 31.5. The maximum Gasteiger partial charge on any atom is 0.249 e. The topological polar surface area (TPSA) is 32.3 Å². The van der Waals surface area contributed by atoms with Crippen molar-refractivity contribution < 1.29 is 4.79 Å². The van der Waals surface area contributed by atoms with Crippen molar-refractivity contribution in [3.63, 3.8) is 0 Å². The fourth-order valence-electron chi connectivity index (χ4n) is 3.47. The van der Waals surface area contributed by atoms with Crippen LogP contribution in [-0.2, 0) is 4.79 Å². The predicted molar refractivity (Wildman–Crippen MR) is 74.4 cm³/mol. The summed E-state index contributed by atoms with van der Waals surface area (Å²) in [4.78, 5) is 14.5. The highest BCUT2D eigenvalue weighted by molar-refractivity contribution is 5.93. The molecular weight excluding hydrogens is 224 g/mol. The van der Waals surface area contributed by atoms with Gasteiger partial charge in [-0.2, -0.15) is 0 Å². The van der Waals surface area contributed by atoms with E-state index in [4.69, 9.17) is 0 Å². The molecule has 2 saturated heterocycles. The molecule has 2 fully saturated rings. The molecule has 2 rings (SSSR count). The highest BCUT2D eigenvalue weighted by Crippen LogP contribution is 2.30. The largest absolute Gasteiger partial charge is 0.336 e. The van der Waals surface area contributed by atoms with Crippen LogP contribution in [0.25, 0.3) is 0 Å². The quantitative estimate of drug-likeness (QED) is 0.777. The molecule has 0 aromatic heterocycles. The lowest BCUT2D eigenvalue weighted by Crippen LogP contribution is -2.50. The van der Waals surface area contributed by atoms with Crippen LogP contribution in [0.3, 0.4) is 0 Å². The molecule has 0 aromatic rings. The standard InChI is InChI=1S/C15H26N2O/c1-4-6-11(3)15(18)17(5-2)14-9-12-7-8-13(10-14)16-12/h6,12-14,16H,4-5,7-10H2,1-3H3/b11-6-. The van der Waals surface area contributed by atoms with Gasteiger partial charge in [0, 0.05) is 30.2 Å². The maximum atomic E-state index is 12.4. The number of hydrogen-bond acceptors (Lipinski definition) is 2. The minimum Gasteiger partial charge on any atom is -0.336 e. The Morgan fingerprint density at radius 1 is 1.28 bits per heavy atom. The Balaban J connectivity index is 2.04. The van der Waals surface area contributed by atoms with Gasteiger partial charge in [-0.05, 0) is 46.0 Å². The molecule has 2 aliphatic heterocycles. The summed E-state index contributed by atoms with van der Waals surface area (Å²) in [6.45, 7) is 6.96. The first-order valence-corrected chi connectivity index (χ1v) is 7.39. The first-order valence-electron chi connectivity index (χ1n) is 7.39. The summed E-state index contributed by atoms with van der Waals surface area (Å²) in [6.07, 6.45) is 7.83. The van der Waals surface area contributed by atoms with E-state index in [0.29, 0.717) is 18.1 Å². The number of nitrogens with zero attached hydrogens (tertiary/aromatic N) is 1. The molecule has 0 spiro atoms. The van der Waals surface area contributed by atoms with Crippen LogP contribution in [0, 0.1) is 0 Å². The summed E-state index contributed by atoms with van der Waals surface area (Å²) in [6, 6.07) is 1.73. The summed E-state index contributed by atoms with van der Waals surface area (Å²) in [5.74, 6) is 0.241. The van der Waals surface area contributed by atoms with E-state index in [1.165, 1.54) is 12.8 Å². The molecule has 2 unspecified atom stereocenters. The Hall–Kier alpha value is -0.830. The number of carbonyl (C=O) groups excluding carboxylic acids is 1. The zero-order valence-corrected chi connectivity index (χ0v) is 11.9. The summed E-state index contributed by atoms with van der Waals surface area (Å²) in [5, 5.41) is 3.64. The second-order valence-corrected chi connectivity index (χ2v) is 5.65. The monoisotopic (exact) mass is 250 g/mol. The number of likely N-dealkylation sites (N-methyl/N-ethyl adjacent to an activating group) is 1. The van der Waals surface area contributed by atoms with E-state index >= 15 is 0 Å². The van der Waals surface area contributed by atoms with Crippen LogP contribution >= 0.6 is 0 Å². The van der Waals surface area contributed by atoms with Gasteiger partial charge in [-0.25, -0.2) is 0 Å². The third-order valence-corrected chi connectivity index (χ3v) is 4.34. The van der Waals surface area contributed by atoms with Crippen molar-refractivity contribution in [1.29, 1.82) is 0 Å². The van der Waals surface area contributed by atoms with Crippen molar-refractivity contribution in [2.45, 2.75) is 71.0 Å². The fourth-order valence-corrected chi connectivity index (χ4v) is 3.47. The molecule has 0 saturated carbocycles. The molecule has 2 bridgehead atoms. The number of hydrogen-bond donors (Lipinski definition) is 1. The number of amides is 1. The summed E-state index contributed by atoms with van der Waals surface area (Å²) in [5.41, 5.74) is 0.908. The lowest BCUT2D eigenvalue weighted by atomic mass is 9.97. The van der Waals surface area contributed by atoms with Crippen molar-refractivity contribution in [3.05, 3.63) is 11.6 Å². The molecular formula is C15H26N2O. The van der Waals surface area contributed by atoms with Crippen LogP contribution in [0.2, 0.25) is 0 Å². The van der Waals surface area contributed by atoms with E-state index in [2.05, 4.69) is 24.1 Å². The zero-order chi connectivity index (χ0) is 13.1. The van der Waals surface area contributed by atoms with Gasteiger partial charge in [0.25, 0.3) is 0 Å². The van der Waals surface area contributed by atoms with E-state index in [-0.39, 0.29) is 5.91 Å². The Morgan fingerprint density at radius 2 is 1.89 bits per heavy atom. The van der Waals surface area contributed by atoms with Crippen LogP contribution < -0.4 is 5.32 Å². The van der Waals surface area contributed by atoms with E-state index in [1.807, 2.05) is 13.0 Å². The van der Waals surface area contributed by atoms with Crippen LogP contribution in [0.1, 0.15) is 52.9 Å². The minimum atomic E-state index is 0.241. The molecule has 0 aliphatic carbocycles. The van der Waals surface area contributed by atoms with Crippen molar-refractivity contribution in [1.82, 2.24) is 10.2 Å². The number of rotatable bonds is 4. The average Bonchev–Trinajstić information content (AvgIpc) is 2.69. The maximum absolute atomic E-state index is 12.4. The number of fused-ring (bicyclic) bond motifs is 2. The van der Waals surface area contributed by atoms with E-state index < -0.39 is 0 Å². The predicted octanol–water partition coefficient (Wildman–Crippen LogP) is 2.47. The van der Waals surface area contributed by atoms with Gasteiger partial charge in [0.05, 0.1) is 0 Å². The number of piperidine rings is 1. The second-order valence-electron chi connectivity index (χ2n) is 5.65. The molecule has 3 nitrogen and oxygen atoms in total. The minimum absolute atomic E-state index is 0.241. The van der Waals surface area contributed by atoms with Crippen LogP contribution in [0.5, 0.6) is 0 Å². The van der Waals surface area contributed by atoms with Crippen molar-refractivity contribution >= 4 is 5.91 Å². The highest BCUT2D eigenvalue weighted by Gasteiger charge is 2.37. The summed E-state index contributed by atoms with van der Waals surface area (Å²) < 4.78 is 0. The Kier molecular flexibility index (Phi) is 4.44.